The molecular weight excluding hydrogens is 358 g/mol. The van der Waals surface area contributed by atoms with Gasteiger partial charge in [-0.3, -0.25) is 10.1 Å². The molecular formula is C21H17N3O2S. The van der Waals surface area contributed by atoms with Gasteiger partial charge in [-0.05, 0) is 31.2 Å². The van der Waals surface area contributed by atoms with Crippen molar-refractivity contribution in [2.75, 3.05) is 12.4 Å². The molecule has 1 N–H and O–H groups in total. The first kappa shape index (κ1) is 17.2. The zero-order valence-electron chi connectivity index (χ0n) is 14.9. The van der Waals surface area contributed by atoms with Gasteiger partial charge in [0, 0.05) is 16.3 Å². The number of hydrogen-bond donors (Lipinski definition) is 1. The van der Waals surface area contributed by atoms with Crippen molar-refractivity contribution in [2.24, 2.45) is 0 Å². The molecule has 0 unspecified atom stereocenters. The Morgan fingerprint density at radius 3 is 2.70 bits per heavy atom. The number of pyridine rings is 1. The van der Waals surface area contributed by atoms with Crippen molar-refractivity contribution in [2.45, 2.75) is 6.92 Å². The smallest absolute Gasteiger partial charge is 0.258 e. The molecule has 0 radical (unpaired) electrons. The number of rotatable bonds is 4. The Bertz CT molecular complexity index is 1140. The van der Waals surface area contributed by atoms with Gasteiger partial charge in [0.1, 0.15) is 5.75 Å². The first-order valence-electron chi connectivity index (χ1n) is 8.42. The van der Waals surface area contributed by atoms with Gasteiger partial charge < -0.3 is 4.74 Å². The van der Waals surface area contributed by atoms with E-state index >= 15 is 0 Å². The molecule has 6 heteroatoms. The molecule has 0 atom stereocenters. The Morgan fingerprint density at radius 2 is 1.93 bits per heavy atom. The summed E-state index contributed by atoms with van der Waals surface area (Å²) in [5.74, 6) is 0.541. The molecule has 4 rings (SSSR count). The van der Waals surface area contributed by atoms with Crippen LogP contribution in [0, 0.1) is 6.92 Å². The lowest BCUT2D eigenvalue weighted by Gasteiger charge is -2.10. The van der Waals surface area contributed by atoms with Crippen LogP contribution in [0.4, 0.5) is 5.13 Å². The van der Waals surface area contributed by atoms with Crippen LogP contribution in [0.2, 0.25) is 0 Å². The van der Waals surface area contributed by atoms with Crippen LogP contribution >= 0.6 is 11.3 Å². The molecule has 0 spiro atoms. The summed E-state index contributed by atoms with van der Waals surface area (Å²) >= 11 is 1.41. The van der Waals surface area contributed by atoms with E-state index in [4.69, 9.17) is 9.72 Å². The van der Waals surface area contributed by atoms with E-state index in [1.165, 1.54) is 11.3 Å². The lowest BCUT2D eigenvalue weighted by atomic mass is 10.0. The summed E-state index contributed by atoms with van der Waals surface area (Å²) in [7, 11) is 1.63. The number of ether oxygens (including phenoxy) is 1. The number of benzene rings is 2. The molecule has 2 aromatic heterocycles. The molecule has 1 amide bonds. The molecule has 134 valence electrons. The summed E-state index contributed by atoms with van der Waals surface area (Å²) in [6.45, 7) is 1.90. The van der Waals surface area contributed by atoms with Gasteiger partial charge in [0.05, 0.1) is 29.6 Å². The number of para-hydroxylation sites is 1. The number of fused-ring (bicyclic) bond motifs is 1. The van der Waals surface area contributed by atoms with E-state index in [0.717, 1.165) is 27.9 Å². The van der Waals surface area contributed by atoms with Gasteiger partial charge >= 0.3 is 0 Å². The summed E-state index contributed by atoms with van der Waals surface area (Å²) in [5, 5.41) is 6.18. The topological polar surface area (TPSA) is 64.1 Å². The number of hydrogen-bond acceptors (Lipinski definition) is 5. The third-order valence-electron chi connectivity index (χ3n) is 4.17. The van der Waals surface area contributed by atoms with Crippen LogP contribution in [0.25, 0.3) is 22.2 Å². The van der Waals surface area contributed by atoms with Gasteiger partial charge in [-0.2, -0.15) is 0 Å². The highest BCUT2D eigenvalue weighted by atomic mass is 32.1. The van der Waals surface area contributed by atoms with E-state index in [0.29, 0.717) is 16.4 Å². The van der Waals surface area contributed by atoms with Crippen molar-refractivity contribution in [3.63, 3.8) is 0 Å². The molecule has 5 nitrogen and oxygen atoms in total. The molecule has 0 aliphatic heterocycles. The number of nitrogens with one attached hydrogen (secondary N) is 1. The molecule has 2 heterocycles. The first-order valence-corrected chi connectivity index (χ1v) is 9.30. The van der Waals surface area contributed by atoms with E-state index in [-0.39, 0.29) is 5.91 Å². The van der Waals surface area contributed by atoms with Gasteiger partial charge in [-0.1, -0.05) is 30.3 Å². The lowest BCUT2D eigenvalue weighted by Crippen LogP contribution is -2.13. The Labute approximate surface area is 160 Å². The number of thiazole rings is 1. The van der Waals surface area contributed by atoms with Crippen LogP contribution in [-0.4, -0.2) is 23.0 Å². The number of anilines is 1. The van der Waals surface area contributed by atoms with Crippen LogP contribution in [0.5, 0.6) is 5.75 Å². The van der Waals surface area contributed by atoms with Crippen molar-refractivity contribution >= 4 is 33.3 Å². The highest BCUT2D eigenvalue weighted by Gasteiger charge is 2.15. The molecule has 0 aliphatic rings. The minimum atomic E-state index is -0.202. The first-order chi connectivity index (χ1) is 13.1. The second kappa shape index (κ2) is 7.17. The van der Waals surface area contributed by atoms with Gasteiger partial charge in [-0.25, -0.2) is 9.97 Å². The predicted molar refractivity (Wildman–Crippen MR) is 109 cm³/mol. The normalized spacial score (nSPS) is 10.7. The summed E-state index contributed by atoms with van der Waals surface area (Å²) in [6.07, 6.45) is 0. The van der Waals surface area contributed by atoms with Gasteiger partial charge in [0.25, 0.3) is 5.91 Å². The number of carbonyl (C=O) groups is 1. The van der Waals surface area contributed by atoms with Crippen LogP contribution in [0.1, 0.15) is 16.1 Å². The third kappa shape index (κ3) is 3.52. The SMILES string of the molecule is COc1cccc(-c2cc(C(=O)Nc3nc(C)cs3)c3ccccc3n2)c1. The average molecular weight is 375 g/mol. The Morgan fingerprint density at radius 1 is 1.07 bits per heavy atom. The Balaban J connectivity index is 1.82. The largest absolute Gasteiger partial charge is 0.497 e. The summed E-state index contributed by atoms with van der Waals surface area (Å²) in [5.41, 5.74) is 3.81. The molecule has 0 bridgehead atoms. The van der Waals surface area contributed by atoms with Crippen molar-refractivity contribution in [1.29, 1.82) is 0 Å². The third-order valence-corrected chi connectivity index (χ3v) is 5.04. The highest BCUT2D eigenvalue weighted by Crippen LogP contribution is 2.28. The fraction of sp³-hybridized carbons (Fsp3) is 0.0952. The lowest BCUT2D eigenvalue weighted by molar-refractivity contribution is 0.102. The standard InChI is InChI=1S/C21H17N3O2S/c1-13-12-27-21(22-13)24-20(25)17-11-19(14-6-5-7-15(10-14)26-2)23-18-9-4-3-8-16(17)18/h3-12H,1-2H3,(H,22,24,25). The zero-order chi connectivity index (χ0) is 18.8. The quantitative estimate of drug-likeness (QED) is 0.549. The molecule has 0 saturated carbocycles. The number of aromatic nitrogens is 2. The number of nitrogens with zero attached hydrogens (tertiary/aromatic N) is 2. The number of methoxy groups -OCH3 is 1. The predicted octanol–water partition coefficient (Wildman–Crippen LogP) is 4.93. The molecule has 0 fully saturated rings. The maximum atomic E-state index is 12.9. The maximum Gasteiger partial charge on any atom is 0.258 e. The number of amides is 1. The van der Waals surface area contributed by atoms with E-state index in [1.807, 2.05) is 66.9 Å². The van der Waals surface area contributed by atoms with Crippen LogP contribution in [0.3, 0.4) is 0 Å². The van der Waals surface area contributed by atoms with Crippen molar-refractivity contribution in [3.8, 4) is 17.0 Å². The molecule has 0 saturated heterocycles. The van der Waals surface area contributed by atoms with E-state index < -0.39 is 0 Å². The second-order valence-electron chi connectivity index (χ2n) is 6.05. The fourth-order valence-electron chi connectivity index (χ4n) is 2.87. The van der Waals surface area contributed by atoms with Crippen LogP contribution in [0.15, 0.2) is 60.0 Å². The zero-order valence-corrected chi connectivity index (χ0v) is 15.7. The molecule has 0 aliphatic carbocycles. The van der Waals surface area contributed by atoms with Crippen LogP contribution < -0.4 is 10.1 Å². The van der Waals surface area contributed by atoms with Crippen LogP contribution in [-0.2, 0) is 0 Å². The van der Waals surface area contributed by atoms with Crippen molar-refractivity contribution < 1.29 is 9.53 Å². The molecule has 2 aromatic carbocycles. The molecule has 27 heavy (non-hydrogen) atoms. The second-order valence-corrected chi connectivity index (χ2v) is 6.91. The summed E-state index contributed by atoms with van der Waals surface area (Å²) < 4.78 is 5.31. The Kier molecular flexibility index (Phi) is 4.56. The Hall–Kier alpha value is -3.25. The highest BCUT2D eigenvalue weighted by molar-refractivity contribution is 7.13. The summed E-state index contributed by atoms with van der Waals surface area (Å²) in [6, 6.07) is 17.1. The fourth-order valence-corrected chi connectivity index (χ4v) is 3.55. The van der Waals surface area contributed by atoms with Crippen molar-refractivity contribution in [1.82, 2.24) is 9.97 Å². The van der Waals surface area contributed by atoms with Crippen molar-refractivity contribution in [3.05, 3.63) is 71.2 Å². The average Bonchev–Trinajstić information content (AvgIpc) is 3.11. The maximum absolute atomic E-state index is 12.9. The van der Waals surface area contributed by atoms with E-state index in [2.05, 4.69) is 10.3 Å². The minimum Gasteiger partial charge on any atom is -0.497 e. The number of aryl methyl sites for hydroxylation is 1. The number of carbonyl (C=O) groups excluding carboxylic acids is 1. The van der Waals surface area contributed by atoms with Gasteiger partial charge in [0.15, 0.2) is 5.13 Å². The summed E-state index contributed by atoms with van der Waals surface area (Å²) in [4.78, 5) is 22.0. The van der Waals surface area contributed by atoms with E-state index in [9.17, 15) is 4.79 Å². The van der Waals surface area contributed by atoms with Gasteiger partial charge in [-0.15, -0.1) is 11.3 Å². The minimum absolute atomic E-state index is 0.202. The molecule has 4 aromatic rings. The van der Waals surface area contributed by atoms with E-state index in [1.54, 1.807) is 7.11 Å². The van der Waals surface area contributed by atoms with Gasteiger partial charge in [0.2, 0.25) is 0 Å². The monoisotopic (exact) mass is 375 g/mol.